The Morgan fingerprint density at radius 1 is 1.20 bits per heavy atom. The average molecular weight is 196 g/mol. The lowest BCUT2D eigenvalue weighted by Crippen LogP contribution is -1.98. The topological polar surface area (TPSA) is 75.6 Å². The van der Waals surface area contributed by atoms with Crippen LogP contribution < -0.4 is 5.73 Å². The van der Waals surface area contributed by atoms with Crippen molar-refractivity contribution >= 4 is 5.82 Å². The zero-order valence-corrected chi connectivity index (χ0v) is 7.88. The second kappa shape index (κ2) is 3.76. The van der Waals surface area contributed by atoms with Crippen molar-refractivity contribution in [2.75, 3.05) is 5.73 Å². The summed E-state index contributed by atoms with van der Waals surface area (Å²) in [7, 11) is 0. The van der Waals surface area contributed by atoms with Crippen LogP contribution in [0, 0.1) is 11.3 Å². The molecule has 0 unspecified atom stereocenters. The SMILES string of the molecule is N#Cc1cnc(N)c(-c2ccccc2)n1. The molecule has 2 aromatic rings. The van der Waals surface area contributed by atoms with Gasteiger partial charge in [-0.25, -0.2) is 9.97 Å². The fourth-order valence-electron chi connectivity index (χ4n) is 1.26. The van der Waals surface area contributed by atoms with E-state index in [0.29, 0.717) is 11.5 Å². The summed E-state index contributed by atoms with van der Waals surface area (Å²) in [6, 6.07) is 11.4. The van der Waals surface area contributed by atoms with Crippen molar-refractivity contribution in [1.82, 2.24) is 9.97 Å². The molecule has 0 aliphatic heterocycles. The molecule has 15 heavy (non-hydrogen) atoms. The Morgan fingerprint density at radius 3 is 2.60 bits per heavy atom. The number of aromatic nitrogens is 2. The fourth-order valence-corrected chi connectivity index (χ4v) is 1.26. The molecule has 72 valence electrons. The van der Waals surface area contributed by atoms with Gasteiger partial charge in [-0.15, -0.1) is 0 Å². The standard InChI is InChI=1S/C11H8N4/c12-6-9-7-14-11(13)10(15-9)8-4-2-1-3-5-8/h1-5,7H,(H2,13,14). The molecule has 1 heterocycles. The number of nitriles is 1. The van der Waals surface area contributed by atoms with E-state index in [1.165, 1.54) is 6.20 Å². The van der Waals surface area contributed by atoms with Crippen LogP contribution in [0.1, 0.15) is 5.69 Å². The van der Waals surface area contributed by atoms with Crippen molar-refractivity contribution in [3.8, 4) is 17.3 Å². The third kappa shape index (κ3) is 1.76. The second-order valence-electron chi connectivity index (χ2n) is 2.97. The van der Waals surface area contributed by atoms with Gasteiger partial charge in [-0.1, -0.05) is 30.3 Å². The highest BCUT2D eigenvalue weighted by Gasteiger charge is 2.06. The van der Waals surface area contributed by atoms with E-state index >= 15 is 0 Å². The molecule has 0 atom stereocenters. The molecule has 2 rings (SSSR count). The summed E-state index contributed by atoms with van der Waals surface area (Å²) in [5, 5.41) is 8.71. The summed E-state index contributed by atoms with van der Waals surface area (Å²) in [6.07, 6.45) is 1.36. The first-order chi connectivity index (χ1) is 7.31. The minimum Gasteiger partial charge on any atom is -0.382 e. The number of rotatable bonds is 1. The Bertz CT molecular complexity index is 514. The van der Waals surface area contributed by atoms with E-state index in [9.17, 15) is 0 Å². The number of nitrogens with zero attached hydrogens (tertiary/aromatic N) is 3. The van der Waals surface area contributed by atoms with Gasteiger partial charge in [-0.2, -0.15) is 5.26 Å². The van der Waals surface area contributed by atoms with Gasteiger partial charge in [-0.05, 0) is 0 Å². The highest BCUT2D eigenvalue weighted by Crippen LogP contribution is 2.21. The number of hydrogen-bond acceptors (Lipinski definition) is 4. The predicted molar refractivity (Wildman–Crippen MR) is 56.6 cm³/mol. The summed E-state index contributed by atoms with van der Waals surface area (Å²) in [4.78, 5) is 8.03. The summed E-state index contributed by atoms with van der Waals surface area (Å²) < 4.78 is 0. The third-order valence-corrected chi connectivity index (χ3v) is 1.96. The summed E-state index contributed by atoms with van der Waals surface area (Å²) in [5.41, 5.74) is 7.37. The molecule has 0 saturated carbocycles. The summed E-state index contributed by atoms with van der Waals surface area (Å²) in [5.74, 6) is 0.334. The molecule has 0 aliphatic carbocycles. The first-order valence-corrected chi connectivity index (χ1v) is 4.39. The van der Waals surface area contributed by atoms with Gasteiger partial charge in [0.15, 0.2) is 5.69 Å². The van der Waals surface area contributed by atoms with Crippen molar-refractivity contribution in [2.45, 2.75) is 0 Å². The van der Waals surface area contributed by atoms with Crippen LogP contribution in [0.3, 0.4) is 0 Å². The van der Waals surface area contributed by atoms with Crippen LogP contribution in [0.15, 0.2) is 36.5 Å². The third-order valence-electron chi connectivity index (χ3n) is 1.96. The molecular formula is C11H8N4. The minimum atomic E-state index is 0.267. The maximum absolute atomic E-state index is 8.71. The van der Waals surface area contributed by atoms with Gasteiger partial charge in [0.05, 0.1) is 6.20 Å². The predicted octanol–water partition coefficient (Wildman–Crippen LogP) is 1.60. The molecule has 0 amide bonds. The van der Waals surface area contributed by atoms with Crippen LogP contribution >= 0.6 is 0 Å². The van der Waals surface area contributed by atoms with E-state index in [1.54, 1.807) is 0 Å². The van der Waals surface area contributed by atoms with Crippen molar-refractivity contribution in [3.63, 3.8) is 0 Å². The number of hydrogen-bond donors (Lipinski definition) is 1. The van der Waals surface area contributed by atoms with Crippen LogP contribution in [0.2, 0.25) is 0 Å². The Hall–Kier alpha value is -2.41. The monoisotopic (exact) mass is 196 g/mol. The van der Waals surface area contributed by atoms with Crippen molar-refractivity contribution in [3.05, 3.63) is 42.2 Å². The fraction of sp³-hybridized carbons (Fsp3) is 0. The lowest BCUT2D eigenvalue weighted by Gasteiger charge is -2.03. The van der Waals surface area contributed by atoms with Crippen molar-refractivity contribution in [1.29, 1.82) is 5.26 Å². The molecule has 4 heteroatoms. The van der Waals surface area contributed by atoms with Crippen molar-refractivity contribution in [2.24, 2.45) is 0 Å². The molecule has 0 aliphatic rings. The van der Waals surface area contributed by atoms with Crippen LogP contribution in [-0.4, -0.2) is 9.97 Å². The molecule has 1 aromatic carbocycles. The van der Waals surface area contributed by atoms with E-state index in [-0.39, 0.29) is 5.69 Å². The average Bonchev–Trinajstić information content (AvgIpc) is 2.31. The number of nitrogen functional groups attached to an aromatic ring is 1. The molecule has 4 nitrogen and oxygen atoms in total. The smallest absolute Gasteiger partial charge is 0.159 e. The van der Waals surface area contributed by atoms with Gasteiger partial charge < -0.3 is 5.73 Å². The first kappa shape index (κ1) is 9.16. The highest BCUT2D eigenvalue weighted by molar-refractivity contribution is 5.69. The Morgan fingerprint density at radius 2 is 1.93 bits per heavy atom. The van der Waals surface area contributed by atoms with Gasteiger partial charge in [-0.3, -0.25) is 0 Å². The summed E-state index contributed by atoms with van der Waals surface area (Å²) in [6.45, 7) is 0. The Kier molecular flexibility index (Phi) is 2.30. The van der Waals surface area contributed by atoms with Gasteiger partial charge >= 0.3 is 0 Å². The number of anilines is 1. The van der Waals surface area contributed by atoms with Crippen molar-refractivity contribution < 1.29 is 0 Å². The molecule has 1 aromatic heterocycles. The van der Waals surface area contributed by atoms with Gasteiger partial charge in [0.25, 0.3) is 0 Å². The lowest BCUT2D eigenvalue weighted by molar-refractivity contribution is 1.18. The van der Waals surface area contributed by atoms with Gasteiger partial charge in [0.2, 0.25) is 0 Å². The normalized spacial score (nSPS) is 9.53. The van der Waals surface area contributed by atoms with Crippen LogP contribution in [0.4, 0.5) is 5.82 Å². The highest BCUT2D eigenvalue weighted by atomic mass is 14.9. The maximum Gasteiger partial charge on any atom is 0.159 e. The van der Waals surface area contributed by atoms with E-state index in [0.717, 1.165) is 5.56 Å². The number of nitrogens with two attached hydrogens (primary N) is 1. The molecule has 2 N–H and O–H groups in total. The molecular weight excluding hydrogens is 188 g/mol. The zero-order chi connectivity index (χ0) is 10.7. The maximum atomic E-state index is 8.71. The summed E-state index contributed by atoms with van der Waals surface area (Å²) >= 11 is 0. The van der Waals surface area contributed by atoms with Gasteiger partial charge in [0, 0.05) is 5.56 Å². The molecule has 0 spiro atoms. The van der Waals surface area contributed by atoms with Crippen LogP contribution in [0.25, 0.3) is 11.3 Å². The lowest BCUT2D eigenvalue weighted by atomic mass is 10.1. The minimum absolute atomic E-state index is 0.267. The molecule has 0 saturated heterocycles. The number of benzene rings is 1. The molecule has 0 radical (unpaired) electrons. The Labute approximate surface area is 87.0 Å². The van der Waals surface area contributed by atoms with Crippen LogP contribution in [-0.2, 0) is 0 Å². The van der Waals surface area contributed by atoms with E-state index in [4.69, 9.17) is 11.0 Å². The van der Waals surface area contributed by atoms with E-state index in [2.05, 4.69) is 9.97 Å². The second-order valence-corrected chi connectivity index (χ2v) is 2.97. The molecule has 0 fully saturated rings. The Balaban J connectivity index is 2.58. The zero-order valence-electron chi connectivity index (χ0n) is 7.88. The molecule has 0 bridgehead atoms. The largest absolute Gasteiger partial charge is 0.382 e. The quantitative estimate of drug-likeness (QED) is 0.751. The van der Waals surface area contributed by atoms with E-state index in [1.807, 2.05) is 36.4 Å². The van der Waals surface area contributed by atoms with Crippen LogP contribution in [0.5, 0.6) is 0 Å². The van der Waals surface area contributed by atoms with Gasteiger partial charge in [0.1, 0.15) is 17.6 Å². The first-order valence-electron chi connectivity index (χ1n) is 4.39. The van der Waals surface area contributed by atoms with E-state index < -0.39 is 0 Å².